The average Bonchev–Trinajstić information content (AvgIpc) is 2.71. The van der Waals surface area contributed by atoms with Crippen molar-refractivity contribution in [1.82, 2.24) is 9.78 Å². The number of aliphatic hydroxyl groups excluding tert-OH is 1. The number of hydrogen-bond donors (Lipinski definition) is 2. The van der Waals surface area contributed by atoms with Gasteiger partial charge in [0.05, 0.1) is 11.0 Å². The molecular weight excluding hydrogens is 296 g/mol. The third kappa shape index (κ3) is 3.32. The van der Waals surface area contributed by atoms with Crippen molar-refractivity contribution in [3.05, 3.63) is 50.7 Å². The van der Waals surface area contributed by atoms with Crippen LogP contribution in [0, 0.1) is 17.0 Å². The molecule has 1 aromatic carbocycles. The maximum Gasteiger partial charge on any atom is 0.333 e. The summed E-state index contributed by atoms with van der Waals surface area (Å²) in [7, 11) is 1.61. The smallest absolute Gasteiger partial charge is 0.333 e. The van der Waals surface area contributed by atoms with Gasteiger partial charge in [-0.2, -0.15) is 5.10 Å². The van der Waals surface area contributed by atoms with Crippen molar-refractivity contribution >= 4 is 23.1 Å². The van der Waals surface area contributed by atoms with Crippen LogP contribution >= 0.6 is 11.6 Å². The molecule has 1 atom stereocenters. The summed E-state index contributed by atoms with van der Waals surface area (Å²) in [5.74, 6) is 0.269. The Bertz CT molecular complexity index is 654. The summed E-state index contributed by atoms with van der Waals surface area (Å²) in [5.41, 5.74) is 0.917. The molecule has 21 heavy (non-hydrogen) atoms. The van der Waals surface area contributed by atoms with Gasteiger partial charge in [-0.3, -0.25) is 10.1 Å². The van der Waals surface area contributed by atoms with Gasteiger partial charge in [-0.05, 0) is 24.6 Å². The zero-order chi connectivity index (χ0) is 15.6. The van der Waals surface area contributed by atoms with E-state index in [4.69, 9.17) is 11.6 Å². The van der Waals surface area contributed by atoms with Gasteiger partial charge in [0, 0.05) is 18.6 Å². The van der Waals surface area contributed by atoms with Crippen LogP contribution in [0.5, 0.6) is 0 Å². The minimum atomic E-state index is -0.808. The maximum atomic E-state index is 11.0. The molecule has 0 spiro atoms. The van der Waals surface area contributed by atoms with Gasteiger partial charge in [-0.15, -0.1) is 0 Å². The van der Waals surface area contributed by atoms with Crippen molar-refractivity contribution in [2.75, 3.05) is 11.9 Å². The van der Waals surface area contributed by atoms with E-state index in [-0.39, 0.29) is 18.1 Å². The molecule has 2 N–H and O–H groups in total. The van der Waals surface area contributed by atoms with E-state index in [1.165, 1.54) is 4.68 Å². The number of nitro groups is 1. The van der Waals surface area contributed by atoms with Gasteiger partial charge in [-0.1, -0.05) is 23.7 Å². The molecule has 0 saturated heterocycles. The Hall–Kier alpha value is -2.12. The molecule has 0 radical (unpaired) electrons. The Balaban J connectivity index is 2.13. The van der Waals surface area contributed by atoms with E-state index < -0.39 is 11.0 Å². The molecule has 0 aliphatic heterocycles. The molecule has 8 heteroatoms. The highest BCUT2D eigenvalue weighted by atomic mass is 35.5. The monoisotopic (exact) mass is 310 g/mol. The van der Waals surface area contributed by atoms with E-state index in [9.17, 15) is 15.2 Å². The second-order valence-electron chi connectivity index (χ2n) is 4.61. The normalized spacial score (nSPS) is 12.2. The van der Waals surface area contributed by atoms with Crippen LogP contribution < -0.4 is 5.32 Å². The lowest BCUT2D eigenvalue weighted by molar-refractivity contribution is -0.384. The van der Waals surface area contributed by atoms with E-state index in [1.807, 2.05) is 0 Å². The number of hydrogen-bond acceptors (Lipinski definition) is 5. The highest BCUT2D eigenvalue weighted by Crippen LogP contribution is 2.28. The molecule has 1 heterocycles. The summed E-state index contributed by atoms with van der Waals surface area (Å²) in [6, 6.07) is 6.77. The first-order chi connectivity index (χ1) is 9.90. The summed E-state index contributed by atoms with van der Waals surface area (Å²) < 4.78 is 1.39. The Morgan fingerprint density at radius 2 is 2.10 bits per heavy atom. The average molecular weight is 311 g/mol. The Kier molecular flexibility index (Phi) is 4.44. The lowest BCUT2D eigenvalue weighted by Gasteiger charge is -2.13. The molecule has 0 aliphatic rings. The number of benzene rings is 1. The molecule has 0 saturated carbocycles. The third-order valence-electron chi connectivity index (χ3n) is 3.09. The minimum Gasteiger partial charge on any atom is -0.387 e. The minimum absolute atomic E-state index is 0.0826. The number of aromatic nitrogens is 2. The van der Waals surface area contributed by atoms with E-state index in [0.717, 1.165) is 0 Å². The Labute approximate surface area is 126 Å². The molecule has 0 bridgehead atoms. The quantitative estimate of drug-likeness (QED) is 0.653. The van der Waals surface area contributed by atoms with Crippen LogP contribution in [0.3, 0.4) is 0 Å². The van der Waals surface area contributed by atoms with E-state index in [1.54, 1.807) is 38.2 Å². The number of rotatable bonds is 5. The van der Waals surface area contributed by atoms with Crippen LogP contribution in [-0.2, 0) is 7.05 Å². The van der Waals surface area contributed by atoms with Gasteiger partial charge >= 0.3 is 5.69 Å². The first-order valence-electron chi connectivity index (χ1n) is 6.25. The van der Waals surface area contributed by atoms with Crippen LogP contribution in [-0.4, -0.2) is 26.4 Å². The van der Waals surface area contributed by atoms with Crippen molar-refractivity contribution in [1.29, 1.82) is 0 Å². The molecule has 2 aromatic rings. The third-order valence-corrected chi connectivity index (χ3v) is 3.34. The SMILES string of the molecule is Cc1nn(C)c(NCC(O)c2ccc(Cl)cc2)c1[N+](=O)[O-]. The van der Waals surface area contributed by atoms with Crippen molar-refractivity contribution in [3.63, 3.8) is 0 Å². The van der Waals surface area contributed by atoms with E-state index in [0.29, 0.717) is 16.3 Å². The number of nitrogens with one attached hydrogen (secondary N) is 1. The highest BCUT2D eigenvalue weighted by Gasteiger charge is 2.24. The van der Waals surface area contributed by atoms with Crippen LogP contribution in [0.1, 0.15) is 17.4 Å². The molecule has 7 nitrogen and oxygen atoms in total. The van der Waals surface area contributed by atoms with Crippen LogP contribution in [0.25, 0.3) is 0 Å². The molecule has 0 fully saturated rings. The standard InChI is InChI=1S/C13H15ClN4O3/c1-8-12(18(20)21)13(17(2)16-8)15-7-11(19)9-3-5-10(14)6-4-9/h3-6,11,15,19H,7H2,1-2H3. The first-order valence-corrected chi connectivity index (χ1v) is 6.63. The van der Waals surface area contributed by atoms with Crippen molar-refractivity contribution in [3.8, 4) is 0 Å². The lowest BCUT2D eigenvalue weighted by atomic mass is 10.1. The maximum absolute atomic E-state index is 11.0. The second-order valence-corrected chi connectivity index (χ2v) is 5.05. The summed E-state index contributed by atoms with van der Waals surface area (Å²) in [5, 5.41) is 28.6. The number of halogens is 1. The van der Waals surface area contributed by atoms with Crippen LogP contribution in [0.2, 0.25) is 5.02 Å². The van der Waals surface area contributed by atoms with Crippen LogP contribution in [0.15, 0.2) is 24.3 Å². The van der Waals surface area contributed by atoms with Gasteiger partial charge in [0.1, 0.15) is 5.69 Å². The molecule has 2 rings (SSSR count). The highest BCUT2D eigenvalue weighted by molar-refractivity contribution is 6.30. The largest absolute Gasteiger partial charge is 0.387 e. The van der Waals surface area contributed by atoms with E-state index >= 15 is 0 Å². The van der Waals surface area contributed by atoms with Crippen molar-refractivity contribution in [2.45, 2.75) is 13.0 Å². The number of anilines is 1. The molecule has 0 amide bonds. The zero-order valence-electron chi connectivity index (χ0n) is 11.6. The predicted octanol–water partition coefficient (Wildman–Crippen LogP) is 2.44. The predicted molar refractivity (Wildman–Crippen MR) is 79.5 cm³/mol. The zero-order valence-corrected chi connectivity index (χ0v) is 12.3. The second kappa shape index (κ2) is 6.11. The summed E-state index contributed by atoms with van der Waals surface area (Å²) in [6.07, 6.45) is -0.808. The fraction of sp³-hybridized carbons (Fsp3) is 0.308. The van der Waals surface area contributed by atoms with Gasteiger partial charge < -0.3 is 10.4 Å². The number of nitrogens with zero attached hydrogens (tertiary/aromatic N) is 3. The Morgan fingerprint density at radius 3 is 2.67 bits per heavy atom. The number of aliphatic hydroxyl groups is 1. The van der Waals surface area contributed by atoms with Crippen LogP contribution in [0.4, 0.5) is 11.5 Å². The van der Waals surface area contributed by atoms with Gasteiger partial charge in [0.15, 0.2) is 0 Å². The fourth-order valence-electron chi connectivity index (χ4n) is 2.06. The molecule has 1 aromatic heterocycles. The van der Waals surface area contributed by atoms with E-state index in [2.05, 4.69) is 10.4 Å². The summed E-state index contributed by atoms with van der Waals surface area (Å²) in [6.45, 7) is 1.69. The summed E-state index contributed by atoms with van der Waals surface area (Å²) >= 11 is 5.78. The topological polar surface area (TPSA) is 93.2 Å². The van der Waals surface area contributed by atoms with Gasteiger partial charge in [0.2, 0.25) is 5.82 Å². The van der Waals surface area contributed by atoms with Crippen molar-refractivity contribution < 1.29 is 10.0 Å². The Morgan fingerprint density at radius 1 is 1.48 bits per heavy atom. The van der Waals surface area contributed by atoms with Gasteiger partial charge in [0.25, 0.3) is 0 Å². The fourth-order valence-corrected chi connectivity index (χ4v) is 2.19. The number of aryl methyl sites for hydroxylation is 2. The summed E-state index contributed by atoms with van der Waals surface area (Å²) in [4.78, 5) is 10.6. The lowest BCUT2D eigenvalue weighted by Crippen LogP contribution is -2.15. The molecular formula is C13H15ClN4O3. The molecule has 112 valence electrons. The van der Waals surface area contributed by atoms with Gasteiger partial charge in [-0.25, -0.2) is 4.68 Å². The van der Waals surface area contributed by atoms with Crippen molar-refractivity contribution in [2.24, 2.45) is 7.05 Å². The first kappa shape index (κ1) is 15.3. The molecule has 1 unspecified atom stereocenters. The molecule has 0 aliphatic carbocycles.